The second kappa shape index (κ2) is 15.9. The SMILES string of the molecule is CSc1sc(C(=N)N)cc1S(=O)(=O)c1cccc(-c2c(C)cccc2NC(=O)CSC(CC(=O)O)C(=O)O)c1.O=CC(F)(F)F. The van der Waals surface area contributed by atoms with Gasteiger partial charge in [0.25, 0.3) is 0 Å². The molecule has 0 aliphatic heterocycles. The van der Waals surface area contributed by atoms with Crippen LogP contribution in [0.2, 0.25) is 0 Å². The summed E-state index contributed by atoms with van der Waals surface area (Å²) in [6.45, 7) is 1.80. The first-order chi connectivity index (χ1) is 20.9. The number of sulfone groups is 1. The number of aryl methyl sites for hydroxylation is 1. The number of rotatable bonds is 12. The van der Waals surface area contributed by atoms with Crippen LogP contribution in [0.3, 0.4) is 0 Å². The number of halogens is 3. The molecule has 18 heteroatoms. The molecule has 242 valence electrons. The number of nitrogen functional groups attached to an aromatic ring is 1. The molecule has 1 aromatic heterocycles. The number of alkyl halides is 3. The van der Waals surface area contributed by atoms with E-state index in [0.29, 0.717) is 37.7 Å². The van der Waals surface area contributed by atoms with Gasteiger partial charge in [-0.3, -0.25) is 24.6 Å². The van der Waals surface area contributed by atoms with Gasteiger partial charge in [0, 0.05) is 11.3 Å². The van der Waals surface area contributed by atoms with Gasteiger partial charge in [-0.1, -0.05) is 24.3 Å². The van der Waals surface area contributed by atoms with E-state index in [1.54, 1.807) is 43.5 Å². The van der Waals surface area contributed by atoms with Crippen LogP contribution in [0.1, 0.15) is 16.9 Å². The number of nitrogens with two attached hydrogens (primary N) is 1. The molecule has 0 spiro atoms. The number of carboxylic acids is 2. The van der Waals surface area contributed by atoms with Gasteiger partial charge < -0.3 is 21.3 Å². The number of carboxylic acid groups (broad SMARTS) is 2. The maximum atomic E-state index is 13.6. The van der Waals surface area contributed by atoms with Gasteiger partial charge in [-0.15, -0.1) is 34.9 Å². The smallest absolute Gasteiger partial charge is 0.446 e. The Morgan fingerprint density at radius 2 is 1.76 bits per heavy atom. The summed E-state index contributed by atoms with van der Waals surface area (Å²) in [5.41, 5.74) is 7.82. The molecular formula is C27H26F3N3O8S4. The average molecular weight is 706 g/mol. The zero-order valence-corrected chi connectivity index (χ0v) is 26.6. The third kappa shape index (κ3) is 10.6. The zero-order chi connectivity index (χ0) is 34.1. The van der Waals surface area contributed by atoms with Crippen molar-refractivity contribution in [3.05, 3.63) is 59.0 Å². The van der Waals surface area contributed by atoms with Crippen LogP contribution in [0.4, 0.5) is 18.9 Å². The largest absolute Gasteiger partial charge is 0.481 e. The van der Waals surface area contributed by atoms with E-state index >= 15 is 0 Å². The molecule has 1 amide bonds. The highest BCUT2D eigenvalue weighted by atomic mass is 32.2. The normalized spacial score (nSPS) is 11.9. The average Bonchev–Trinajstić information content (AvgIpc) is 3.41. The van der Waals surface area contributed by atoms with Crippen molar-refractivity contribution in [1.29, 1.82) is 5.41 Å². The summed E-state index contributed by atoms with van der Waals surface area (Å²) in [4.78, 5) is 44.0. The number of hydrogen-bond donors (Lipinski definition) is 5. The molecule has 1 atom stereocenters. The molecule has 2 aromatic carbocycles. The molecule has 1 heterocycles. The van der Waals surface area contributed by atoms with Crippen molar-refractivity contribution in [2.75, 3.05) is 17.3 Å². The van der Waals surface area contributed by atoms with Gasteiger partial charge in [0.15, 0.2) is 0 Å². The first-order valence-corrected chi connectivity index (χ1v) is 16.8. The highest BCUT2D eigenvalue weighted by Gasteiger charge is 2.27. The lowest BCUT2D eigenvalue weighted by Gasteiger charge is -2.16. The van der Waals surface area contributed by atoms with Crippen molar-refractivity contribution in [3.8, 4) is 11.1 Å². The predicted octanol–water partition coefficient (Wildman–Crippen LogP) is 4.91. The van der Waals surface area contributed by atoms with Crippen molar-refractivity contribution in [1.82, 2.24) is 0 Å². The third-order valence-electron chi connectivity index (χ3n) is 5.57. The molecule has 6 N–H and O–H groups in total. The molecular weight excluding hydrogens is 680 g/mol. The molecule has 0 radical (unpaired) electrons. The number of benzene rings is 2. The minimum absolute atomic E-state index is 0.0252. The Kier molecular flexibility index (Phi) is 13.2. The monoisotopic (exact) mass is 705 g/mol. The lowest BCUT2D eigenvalue weighted by Crippen LogP contribution is -2.24. The lowest BCUT2D eigenvalue weighted by atomic mass is 9.98. The van der Waals surface area contributed by atoms with Gasteiger partial charge in [-0.2, -0.15) is 13.2 Å². The topological polar surface area (TPSA) is 205 Å². The van der Waals surface area contributed by atoms with E-state index in [2.05, 4.69) is 5.32 Å². The molecule has 3 aromatic rings. The van der Waals surface area contributed by atoms with Gasteiger partial charge in [-0.25, -0.2) is 8.42 Å². The number of thioether (sulfide) groups is 2. The van der Waals surface area contributed by atoms with E-state index in [9.17, 15) is 41.1 Å². The molecule has 45 heavy (non-hydrogen) atoms. The number of aldehydes is 1. The van der Waals surface area contributed by atoms with Gasteiger partial charge >= 0.3 is 18.1 Å². The summed E-state index contributed by atoms with van der Waals surface area (Å²) < 4.78 is 58.9. The number of hydrogen-bond acceptors (Lipinski definition) is 10. The Bertz CT molecular complexity index is 1710. The van der Waals surface area contributed by atoms with E-state index in [4.69, 9.17) is 21.0 Å². The third-order valence-corrected chi connectivity index (χ3v) is 11.1. The van der Waals surface area contributed by atoms with Crippen LogP contribution in [-0.2, 0) is 29.0 Å². The molecule has 0 saturated carbocycles. The second-order valence-electron chi connectivity index (χ2n) is 8.85. The molecule has 3 rings (SSSR count). The van der Waals surface area contributed by atoms with Crippen molar-refractivity contribution in [2.24, 2.45) is 5.73 Å². The summed E-state index contributed by atoms with van der Waals surface area (Å²) in [7, 11) is -3.97. The number of carbonyl (C=O) groups is 4. The molecule has 0 aliphatic carbocycles. The van der Waals surface area contributed by atoms with Crippen LogP contribution in [-0.4, -0.2) is 72.0 Å². The number of carbonyl (C=O) groups excluding carboxylic acids is 2. The fraction of sp³-hybridized carbons (Fsp3) is 0.222. The van der Waals surface area contributed by atoms with Crippen molar-refractivity contribution >= 4 is 80.4 Å². The molecule has 1 unspecified atom stereocenters. The van der Waals surface area contributed by atoms with Crippen LogP contribution in [0.15, 0.2) is 62.5 Å². The number of thiophene rings is 1. The minimum Gasteiger partial charge on any atom is -0.481 e. The van der Waals surface area contributed by atoms with Crippen molar-refractivity contribution < 1.29 is 51.0 Å². The first kappa shape index (κ1) is 37.3. The van der Waals surface area contributed by atoms with E-state index < -0.39 is 51.8 Å². The molecule has 0 aliphatic rings. The van der Waals surface area contributed by atoms with Gasteiger partial charge in [0.2, 0.25) is 22.0 Å². The minimum atomic E-state index is -4.64. The predicted molar refractivity (Wildman–Crippen MR) is 166 cm³/mol. The number of anilines is 1. The highest BCUT2D eigenvalue weighted by molar-refractivity contribution is 8.01. The summed E-state index contributed by atoms with van der Waals surface area (Å²) >= 11 is 3.08. The quantitative estimate of drug-likeness (QED) is 0.0741. The van der Waals surface area contributed by atoms with Crippen molar-refractivity contribution in [2.45, 2.75) is 38.8 Å². The number of aliphatic carboxylic acids is 2. The van der Waals surface area contributed by atoms with Gasteiger partial charge in [0.1, 0.15) is 11.1 Å². The molecule has 11 nitrogen and oxygen atoms in total. The summed E-state index contributed by atoms with van der Waals surface area (Å²) in [6, 6.07) is 12.8. The van der Waals surface area contributed by atoms with Crippen LogP contribution < -0.4 is 11.1 Å². The Labute approximate surface area is 267 Å². The van der Waals surface area contributed by atoms with Crippen LogP contribution in [0.25, 0.3) is 11.1 Å². The van der Waals surface area contributed by atoms with Gasteiger partial charge in [-0.05, 0) is 48.6 Å². The van der Waals surface area contributed by atoms with Gasteiger partial charge in [0.05, 0.1) is 31.1 Å². The number of amides is 1. The van der Waals surface area contributed by atoms with E-state index in [-0.39, 0.29) is 21.4 Å². The molecule has 0 fully saturated rings. The van der Waals surface area contributed by atoms with Crippen molar-refractivity contribution in [3.63, 3.8) is 0 Å². The lowest BCUT2D eigenvalue weighted by molar-refractivity contribution is -0.156. The fourth-order valence-corrected chi connectivity index (χ4v) is 8.39. The van der Waals surface area contributed by atoms with E-state index in [1.165, 1.54) is 30.0 Å². The Morgan fingerprint density at radius 1 is 1.13 bits per heavy atom. The number of nitrogens with one attached hydrogen (secondary N) is 2. The maximum absolute atomic E-state index is 13.6. The Morgan fingerprint density at radius 3 is 2.29 bits per heavy atom. The summed E-state index contributed by atoms with van der Waals surface area (Å²) in [5, 5.41) is 27.2. The fourth-order valence-electron chi connectivity index (χ4n) is 3.66. The van der Waals surface area contributed by atoms with Crippen LogP contribution in [0.5, 0.6) is 0 Å². The number of amidine groups is 1. The second-order valence-corrected chi connectivity index (χ2v) is 14.1. The van der Waals surface area contributed by atoms with Crippen LogP contribution in [0, 0.1) is 12.3 Å². The zero-order valence-electron chi connectivity index (χ0n) is 23.4. The highest BCUT2D eigenvalue weighted by Crippen LogP contribution is 2.39. The van der Waals surface area contributed by atoms with Crippen LogP contribution >= 0.6 is 34.9 Å². The molecule has 0 bridgehead atoms. The summed E-state index contributed by atoms with van der Waals surface area (Å²) in [6.07, 6.45) is -4.58. The van der Waals surface area contributed by atoms with E-state index in [0.717, 1.165) is 16.9 Å². The van der Waals surface area contributed by atoms with E-state index in [1.807, 2.05) is 0 Å². The Balaban J connectivity index is 0.00000107. The maximum Gasteiger partial charge on any atom is 0.446 e. The summed E-state index contributed by atoms with van der Waals surface area (Å²) in [5.74, 6) is -3.65. The Hall–Kier alpha value is -3.87. The standard InChI is InChI=1S/C25H25N3O7S4.C2HF3O/c1-13-5-3-8-16(28-20(29)12-37-18(24(32)33)11-21(30)31)22(13)14-6-4-7-15(9-14)39(34,35)19-10-17(23(26)27)38-25(19)36-2;3-2(4,5)1-6/h3-10,18H,11-12H2,1-2H3,(H3,26,27)(H,28,29)(H,30,31)(H,32,33);1H. The molecule has 0 saturated heterocycles. The first-order valence-electron chi connectivity index (χ1n) is 12.3.